The van der Waals surface area contributed by atoms with Gasteiger partial charge in [0.15, 0.2) is 0 Å². The van der Waals surface area contributed by atoms with Gasteiger partial charge < -0.3 is 5.11 Å². The molecule has 0 bridgehead atoms. The highest BCUT2D eigenvalue weighted by Crippen LogP contribution is 2.30. The lowest BCUT2D eigenvalue weighted by Crippen LogP contribution is -1.93. The van der Waals surface area contributed by atoms with Gasteiger partial charge in [-0.25, -0.2) is 0 Å². The Morgan fingerprint density at radius 1 is 1.14 bits per heavy atom. The summed E-state index contributed by atoms with van der Waals surface area (Å²) in [4.78, 5) is 1.21. The summed E-state index contributed by atoms with van der Waals surface area (Å²) in [5.41, 5.74) is 2.13. The zero-order valence-electron chi connectivity index (χ0n) is 7.97. The van der Waals surface area contributed by atoms with Crippen molar-refractivity contribution < 1.29 is 5.11 Å². The van der Waals surface area contributed by atoms with Crippen LogP contribution in [0.4, 0.5) is 0 Å². The molecule has 0 amide bonds. The van der Waals surface area contributed by atoms with E-state index in [9.17, 15) is 5.11 Å². The van der Waals surface area contributed by atoms with Gasteiger partial charge in [-0.15, -0.1) is 11.3 Å². The van der Waals surface area contributed by atoms with Crippen LogP contribution in [-0.4, -0.2) is 5.11 Å². The first-order valence-electron chi connectivity index (χ1n) is 4.60. The molecule has 1 aromatic carbocycles. The molecule has 0 aliphatic rings. The highest BCUT2D eigenvalue weighted by atomic mass is 32.1. The number of hydrogen-bond acceptors (Lipinski definition) is 2. The van der Waals surface area contributed by atoms with Crippen LogP contribution in [0.25, 0.3) is 10.4 Å². The van der Waals surface area contributed by atoms with E-state index in [0.29, 0.717) is 0 Å². The summed E-state index contributed by atoms with van der Waals surface area (Å²) in [7, 11) is 0. The zero-order chi connectivity index (χ0) is 9.97. The Morgan fingerprint density at radius 3 is 2.57 bits per heavy atom. The molecule has 2 heteroatoms. The van der Waals surface area contributed by atoms with Crippen molar-refractivity contribution in [1.82, 2.24) is 0 Å². The third-order valence-corrected chi connectivity index (χ3v) is 3.10. The molecule has 1 N–H and O–H groups in total. The minimum Gasteiger partial charge on any atom is -0.389 e. The molecule has 1 aromatic heterocycles. The smallest absolute Gasteiger partial charge is 0.0768 e. The molecule has 0 aliphatic heterocycles. The molecule has 14 heavy (non-hydrogen) atoms. The molecular formula is C12H12OS. The van der Waals surface area contributed by atoms with Crippen molar-refractivity contribution in [2.24, 2.45) is 0 Å². The van der Waals surface area contributed by atoms with Crippen LogP contribution in [0.15, 0.2) is 41.8 Å². The van der Waals surface area contributed by atoms with Gasteiger partial charge in [0, 0.05) is 4.88 Å². The van der Waals surface area contributed by atoms with Gasteiger partial charge in [-0.2, -0.15) is 0 Å². The molecule has 0 spiro atoms. The van der Waals surface area contributed by atoms with Crippen molar-refractivity contribution in [3.05, 3.63) is 47.3 Å². The number of aliphatic hydroxyl groups excluding tert-OH is 1. The predicted molar refractivity (Wildman–Crippen MR) is 60.4 cm³/mol. The summed E-state index contributed by atoms with van der Waals surface area (Å²) in [6, 6.07) is 12.1. The lowest BCUT2D eigenvalue weighted by atomic mass is 10.0. The van der Waals surface area contributed by atoms with E-state index in [1.54, 1.807) is 18.3 Å². The molecule has 0 saturated carbocycles. The van der Waals surface area contributed by atoms with Crippen LogP contribution < -0.4 is 0 Å². The second kappa shape index (κ2) is 3.95. The van der Waals surface area contributed by atoms with E-state index in [1.165, 1.54) is 4.88 Å². The largest absolute Gasteiger partial charge is 0.389 e. The monoisotopic (exact) mass is 204 g/mol. The predicted octanol–water partition coefficient (Wildman–Crippen LogP) is 3.47. The van der Waals surface area contributed by atoms with Crippen LogP contribution in [0, 0.1) is 0 Å². The maximum Gasteiger partial charge on any atom is 0.0768 e. The van der Waals surface area contributed by atoms with Crippen LogP contribution in [0.5, 0.6) is 0 Å². The third-order valence-electron chi connectivity index (χ3n) is 2.20. The molecule has 0 saturated heterocycles. The first-order valence-corrected chi connectivity index (χ1v) is 5.48. The first kappa shape index (κ1) is 9.44. The lowest BCUT2D eigenvalue weighted by molar-refractivity contribution is 0.200. The van der Waals surface area contributed by atoms with Gasteiger partial charge in [0.25, 0.3) is 0 Å². The third kappa shape index (κ3) is 1.72. The van der Waals surface area contributed by atoms with Gasteiger partial charge in [0.05, 0.1) is 6.10 Å². The Balaban J connectivity index is 2.53. The molecule has 1 atom stereocenters. The van der Waals surface area contributed by atoms with E-state index in [1.807, 2.05) is 35.7 Å². The number of thiophene rings is 1. The van der Waals surface area contributed by atoms with Crippen LogP contribution in [0.2, 0.25) is 0 Å². The fourth-order valence-corrected chi connectivity index (χ4v) is 2.29. The second-order valence-corrected chi connectivity index (χ2v) is 4.19. The van der Waals surface area contributed by atoms with Gasteiger partial charge in [-0.05, 0) is 29.5 Å². The summed E-state index contributed by atoms with van der Waals surface area (Å²) in [5, 5.41) is 11.7. The van der Waals surface area contributed by atoms with E-state index >= 15 is 0 Å². The molecule has 2 aromatic rings. The van der Waals surface area contributed by atoms with Crippen molar-refractivity contribution in [3.8, 4) is 10.4 Å². The highest BCUT2D eigenvalue weighted by molar-refractivity contribution is 7.13. The maximum absolute atomic E-state index is 9.61. The summed E-state index contributed by atoms with van der Waals surface area (Å²) in [5.74, 6) is 0. The van der Waals surface area contributed by atoms with E-state index in [0.717, 1.165) is 11.1 Å². The average molecular weight is 204 g/mol. The first-order chi connectivity index (χ1) is 6.79. The van der Waals surface area contributed by atoms with Crippen molar-refractivity contribution in [2.45, 2.75) is 13.0 Å². The molecule has 2 rings (SSSR count). The van der Waals surface area contributed by atoms with Crippen molar-refractivity contribution in [2.75, 3.05) is 0 Å². The molecule has 0 unspecified atom stereocenters. The zero-order valence-corrected chi connectivity index (χ0v) is 8.79. The number of aliphatic hydroxyl groups is 1. The summed E-state index contributed by atoms with van der Waals surface area (Å²) in [6.45, 7) is 1.80. The van der Waals surface area contributed by atoms with Crippen LogP contribution >= 0.6 is 11.3 Å². The van der Waals surface area contributed by atoms with Crippen LogP contribution in [-0.2, 0) is 0 Å². The van der Waals surface area contributed by atoms with E-state index in [4.69, 9.17) is 0 Å². The normalized spacial score (nSPS) is 12.7. The molecule has 0 radical (unpaired) electrons. The minimum absolute atomic E-state index is 0.409. The number of rotatable bonds is 2. The van der Waals surface area contributed by atoms with Gasteiger partial charge >= 0.3 is 0 Å². The quantitative estimate of drug-likeness (QED) is 0.794. The van der Waals surface area contributed by atoms with E-state index < -0.39 is 6.10 Å². The van der Waals surface area contributed by atoms with Crippen molar-refractivity contribution in [1.29, 1.82) is 0 Å². The fourth-order valence-electron chi connectivity index (χ4n) is 1.52. The van der Waals surface area contributed by atoms with Crippen molar-refractivity contribution in [3.63, 3.8) is 0 Å². The summed E-state index contributed by atoms with van der Waals surface area (Å²) < 4.78 is 0. The Labute approximate surface area is 87.7 Å². The Kier molecular flexibility index (Phi) is 2.66. The molecule has 1 heterocycles. The SMILES string of the molecule is C[C@H](O)c1ccccc1-c1cccs1. The van der Waals surface area contributed by atoms with Gasteiger partial charge in [0.1, 0.15) is 0 Å². The highest BCUT2D eigenvalue weighted by Gasteiger charge is 2.08. The van der Waals surface area contributed by atoms with Gasteiger partial charge in [-0.1, -0.05) is 30.3 Å². The molecule has 0 aliphatic carbocycles. The summed E-state index contributed by atoms with van der Waals surface area (Å²) >= 11 is 1.70. The fraction of sp³-hybridized carbons (Fsp3) is 0.167. The average Bonchev–Trinajstić information content (AvgIpc) is 2.70. The minimum atomic E-state index is -0.409. The lowest BCUT2D eigenvalue weighted by Gasteiger charge is -2.09. The van der Waals surface area contributed by atoms with E-state index in [-0.39, 0.29) is 0 Å². The van der Waals surface area contributed by atoms with Crippen LogP contribution in [0.1, 0.15) is 18.6 Å². The maximum atomic E-state index is 9.61. The summed E-state index contributed by atoms with van der Waals surface area (Å²) in [6.07, 6.45) is -0.409. The van der Waals surface area contributed by atoms with Gasteiger partial charge in [0.2, 0.25) is 0 Å². The second-order valence-electron chi connectivity index (χ2n) is 3.24. The molecule has 1 nitrogen and oxygen atoms in total. The molecule has 0 fully saturated rings. The Morgan fingerprint density at radius 2 is 1.93 bits per heavy atom. The molecular weight excluding hydrogens is 192 g/mol. The van der Waals surface area contributed by atoms with Crippen molar-refractivity contribution >= 4 is 11.3 Å². The van der Waals surface area contributed by atoms with Gasteiger partial charge in [-0.3, -0.25) is 0 Å². The Bertz CT molecular complexity index is 404. The van der Waals surface area contributed by atoms with Crippen LogP contribution in [0.3, 0.4) is 0 Å². The van der Waals surface area contributed by atoms with E-state index in [2.05, 4.69) is 6.07 Å². The topological polar surface area (TPSA) is 20.2 Å². The number of hydrogen-bond donors (Lipinski definition) is 1. The number of benzene rings is 1. The standard InChI is InChI=1S/C12H12OS/c1-9(13)10-5-2-3-6-11(10)12-7-4-8-14-12/h2-9,13H,1H3/t9-/m0/s1. The molecule has 72 valence electrons. The Hall–Kier alpha value is -1.12.